The minimum absolute atomic E-state index is 0.0363. The summed E-state index contributed by atoms with van der Waals surface area (Å²) in [6.07, 6.45) is 4.26. The zero-order valence-electron chi connectivity index (χ0n) is 12.4. The molecule has 0 aromatic heterocycles. The molecule has 0 amide bonds. The molecule has 1 fully saturated rings. The van der Waals surface area contributed by atoms with Crippen LogP contribution in [0.15, 0.2) is 28.7 Å². The predicted molar refractivity (Wildman–Crippen MR) is 85.0 cm³/mol. The van der Waals surface area contributed by atoms with Crippen LogP contribution in [-0.4, -0.2) is 18.4 Å². The van der Waals surface area contributed by atoms with Crippen molar-refractivity contribution in [2.24, 2.45) is 5.41 Å². The number of carbonyl (C=O) groups excluding carboxylic acids is 2. The molecule has 1 aliphatic carbocycles. The van der Waals surface area contributed by atoms with Crippen LogP contribution in [0.25, 0.3) is 0 Å². The number of ketones is 1. The third-order valence-electron chi connectivity index (χ3n) is 4.16. The Bertz CT molecular complexity index is 527. The van der Waals surface area contributed by atoms with E-state index in [1.807, 2.05) is 24.3 Å². The van der Waals surface area contributed by atoms with E-state index in [-0.39, 0.29) is 11.8 Å². The molecule has 0 aliphatic heterocycles. The molecule has 2 rings (SSSR count). The Morgan fingerprint density at radius 1 is 1.29 bits per heavy atom. The lowest BCUT2D eigenvalue weighted by atomic mass is 9.74. The van der Waals surface area contributed by atoms with E-state index in [0.29, 0.717) is 25.9 Å². The largest absolute Gasteiger partial charge is 0.465 e. The van der Waals surface area contributed by atoms with Gasteiger partial charge in [-0.25, -0.2) is 0 Å². The summed E-state index contributed by atoms with van der Waals surface area (Å²) < 4.78 is 6.18. The van der Waals surface area contributed by atoms with Crippen molar-refractivity contribution in [1.82, 2.24) is 0 Å². The van der Waals surface area contributed by atoms with E-state index in [2.05, 4.69) is 15.9 Å². The standard InChI is InChI=1S/C17H21BrO3/c1-2-21-16(20)17(11-7-3-4-10-15(17)19)12-13-8-5-6-9-14(13)18/h5-6,8-9H,2-4,7,10-12H2,1H3. The number of esters is 1. The van der Waals surface area contributed by atoms with Crippen LogP contribution in [0.5, 0.6) is 0 Å². The number of ether oxygens (including phenoxy) is 1. The number of hydrogen-bond acceptors (Lipinski definition) is 3. The van der Waals surface area contributed by atoms with Gasteiger partial charge in [0.2, 0.25) is 0 Å². The van der Waals surface area contributed by atoms with Crippen molar-refractivity contribution >= 4 is 27.7 Å². The Labute approximate surface area is 134 Å². The van der Waals surface area contributed by atoms with Gasteiger partial charge in [-0.2, -0.15) is 0 Å². The Balaban J connectivity index is 2.37. The van der Waals surface area contributed by atoms with E-state index < -0.39 is 5.41 Å². The fraction of sp³-hybridized carbons (Fsp3) is 0.529. The molecule has 1 saturated carbocycles. The van der Waals surface area contributed by atoms with E-state index in [0.717, 1.165) is 29.3 Å². The van der Waals surface area contributed by atoms with E-state index in [1.165, 1.54) is 0 Å². The van der Waals surface area contributed by atoms with E-state index in [9.17, 15) is 9.59 Å². The van der Waals surface area contributed by atoms with Gasteiger partial charge in [0.15, 0.2) is 5.78 Å². The summed E-state index contributed by atoms with van der Waals surface area (Å²) in [6.45, 7) is 2.09. The Kier molecular flexibility index (Phi) is 5.57. The van der Waals surface area contributed by atoms with Gasteiger partial charge in [0.25, 0.3) is 0 Å². The third kappa shape index (κ3) is 3.54. The van der Waals surface area contributed by atoms with Gasteiger partial charge in [-0.3, -0.25) is 9.59 Å². The van der Waals surface area contributed by atoms with Gasteiger partial charge < -0.3 is 4.74 Å². The number of hydrogen-bond donors (Lipinski definition) is 0. The SMILES string of the molecule is CCOC(=O)C1(Cc2ccccc2Br)CCCCCC1=O. The fourth-order valence-electron chi connectivity index (χ4n) is 2.98. The zero-order chi connectivity index (χ0) is 15.3. The van der Waals surface area contributed by atoms with Crippen molar-refractivity contribution in [2.45, 2.75) is 45.4 Å². The molecule has 1 atom stereocenters. The average molecular weight is 353 g/mol. The normalized spacial score (nSPS) is 22.7. The van der Waals surface area contributed by atoms with Crippen LogP contribution in [-0.2, 0) is 20.7 Å². The third-order valence-corrected chi connectivity index (χ3v) is 4.93. The average Bonchev–Trinajstić information content (AvgIpc) is 2.65. The first-order valence-corrected chi connectivity index (χ1v) is 8.33. The van der Waals surface area contributed by atoms with Gasteiger partial charge in [0, 0.05) is 10.9 Å². The highest BCUT2D eigenvalue weighted by Gasteiger charge is 2.47. The summed E-state index contributed by atoms with van der Waals surface area (Å²) >= 11 is 3.51. The van der Waals surface area contributed by atoms with Crippen molar-refractivity contribution in [2.75, 3.05) is 6.61 Å². The summed E-state index contributed by atoms with van der Waals surface area (Å²) in [6, 6.07) is 7.76. The van der Waals surface area contributed by atoms with Crippen molar-refractivity contribution in [3.05, 3.63) is 34.3 Å². The first-order chi connectivity index (χ1) is 10.1. The number of benzene rings is 1. The molecule has 114 valence electrons. The molecular formula is C17H21BrO3. The van der Waals surface area contributed by atoms with Crippen LogP contribution in [0, 0.1) is 5.41 Å². The molecule has 4 heteroatoms. The monoisotopic (exact) mass is 352 g/mol. The number of carbonyl (C=O) groups is 2. The van der Waals surface area contributed by atoms with Crippen molar-refractivity contribution in [3.8, 4) is 0 Å². The smallest absolute Gasteiger partial charge is 0.319 e. The van der Waals surface area contributed by atoms with Gasteiger partial charge in [-0.05, 0) is 37.8 Å². The number of halogens is 1. The van der Waals surface area contributed by atoms with Crippen LogP contribution in [0.3, 0.4) is 0 Å². The summed E-state index contributed by atoms with van der Waals surface area (Å²) in [5, 5.41) is 0. The van der Waals surface area contributed by atoms with Gasteiger partial charge >= 0.3 is 5.97 Å². The van der Waals surface area contributed by atoms with Gasteiger partial charge in [0.05, 0.1) is 6.61 Å². The molecule has 0 radical (unpaired) electrons. The molecule has 0 saturated heterocycles. The highest BCUT2D eigenvalue weighted by Crippen LogP contribution is 2.38. The second-order valence-electron chi connectivity index (χ2n) is 5.55. The maximum Gasteiger partial charge on any atom is 0.319 e. The lowest BCUT2D eigenvalue weighted by molar-refractivity contribution is -0.160. The Morgan fingerprint density at radius 2 is 2.05 bits per heavy atom. The molecule has 3 nitrogen and oxygen atoms in total. The first-order valence-electron chi connectivity index (χ1n) is 7.54. The van der Waals surface area contributed by atoms with E-state index >= 15 is 0 Å². The molecule has 1 aromatic carbocycles. The fourth-order valence-corrected chi connectivity index (χ4v) is 3.40. The summed E-state index contributed by atoms with van der Waals surface area (Å²) in [7, 11) is 0. The maximum absolute atomic E-state index is 12.7. The number of Topliss-reactive ketones (excluding diaryl/α,β-unsaturated/α-hetero) is 1. The lowest BCUT2D eigenvalue weighted by Gasteiger charge is -2.29. The first kappa shape index (κ1) is 16.2. The van der Waals surface area contributed by atoms with Crippen LogP contribution >= 0.6 is 15.9 Å². The van der Waals surface area contributed by atoms with Crippen molar-refractivity contribution < 1.29 is 14.3 Å². The summed E-state index contributed by atoms with van der Waals surface area (Å²) in [4.78, 5) is 25.2. The van der Waals surface area contributed by atoms with E-state index in [1.54, 1.807) is 6.92 Å². The summed E-state index contributed by atoms with van der Waals surface area (Å²) in [5.74, 6) is -0.318. The summed E-state index contributed by atoms with van der Waals surface area (Å²) in [5.41, 5.74) is -0.0167. The quantitative estimate of drug-likeness (QED) is 0.466. The second-order valence-corrected chi connectivity index (χ2v) is 6.41. The lowest BCUT2D eigenvalue weighted by Crippen LogP contribution is -2.42. The number of rotatable bonds is 4. The van der Waals surface area contributed by atoms with E-state index in [4.69, 9.17) is 4.74 Å². The minimum Gasteiger partial charge on any atom is -0.465 e. The van der Waals surface area contributed by atoms with Crippen molar-refractivity contribution in [3.63, 3.8) is 0 Å². The molecule has 1 aromatic rings. The van der Waals surface area contributed by atoms with Gasteiger partial charge in [0.1, 0.15) is 5.41 Å². The van der Waals surface area contributed by atoms with Crippen LogP contribution in [0.1, 0.15) is 44.6 Å². The second kappa shape index (κ2) is 7.21. The Hall–Kier alpha value is -1.16. The molecule has 0 N–H and O–H groups in total. The topological polar surface area (TPSA) is 43.4 Å². The molecule has 21 heavy (non-hydrogen) atoms. The van der Waals surface area contributed by atoms with Crippen LogP contribution < -0.4 is 0 Å². The molecule has 0 bridgehead atoms. The van der Waals surface area contributed by atoms with Gasteiger partial charge in [-0.15, -0.1) is 0 Å². The van der Waals surface area contributed by atoms with Gasteiger partial charge in [-0.1, -0.05) is 47.0 Å². The maximum atomic E-state index is 12.7. The molecule has 1 aliphatic rings. The predicted octanol–water partition coefficient (Wildman–Crippen LogP) is 4.07. The molecule has 0 spiro atoms. The molecular weight excluding hydrogens is 332 g/mol. The minimum atomic E-state index is -1.00. The highest BCUT2D eigenvalue weighted by molar-refractivity contribution is 9.10. The Morgan fingerprint density at radius 3 is 2.76 bits per heavy atom. The zero-order valence-corrected chi connectivity index (χ0v) is 13.9. The van der Waals surface area contributed by atoms with Crippen LogP contribution in [0.2, 0.25) is 0 Å². The molecule has 0 heterocycles. The highest BCUT2D eigenvalue weighted by atomic mass is 79.9. The molecule has 1 unspecified atom stereocenters. The van der Waals surface area contributed by atoms with Crippen molar-refractivity contribution in [1.29, 1.82) is 0 Å². The van der Waals surface area contributed by atoms with Crippen LogP contribution in [0.4, 0.5) is 0 Å².